The standard InChI is InChI=1S/C15H18BrN3O4S2/c1-10-14(11(2)23-17-10)25(21,22)19-7-3-6-18(8-9-19)15(20)12-4-5-13(16)24-12/h4-5H,3,6-9H2,1-2H3. The second-order valence-corrected chi connectivity index (χ2v) is 10.1. The molecule has 1 fully saturated rings. The molecule has 136 valence electrons. The molecule has 1 aliphatic heterocycles. The third-order valence-electron chi connectivity index (χ3n) is 4.09. The number of aryl methyl sites for hydroxylation is 2. The molecule has 0 saturated carbocycles. The van der Waals surface area contributed by atoms with Gasteiger partial charge in [-0.3, -0.25) is 4.79 Å². The van der Waals surface area contributed by atoms with Crippen molar-refractivity contribution < 1.29 is 17.7 Å². The molecule has 3 heterocycles. The predicted octanol–water partition coefficient (Wildman–Crippen LogP) is 2.65. The van der Waals surface area contributed by atoms with E-state index in [0.717, 1.165) is 3.79 Å². The first kappa shape index (κ1) is 18.6. The zero-order valence-corrected chi connectivity index (χ0v) is 17.1. The largest absolute Gasteiger partial charge is 0.360 e. The van der Waals surface area contributed by atoms with Crippen LogP contribution in [0.5, 0.6) is 0 Å². The molecular formula is C15H18BrN3O4S2. The highest BCUT2D eigenvalue weighted by Crippen LogP contribution is 2.26. The van der Waals surface area contributed by atoms with Gasteiger partial charge in [0.05, 0.1) is 8.66 Å². The van der Waals surface area contributed by atoms with Crippen molar-refractivity contribution in [2.75, 3.05) is 26.2 Å². The smallest absolute Gasteiger partial charge is 0.264 e. The summed E-state index contributed by atoms with van der Waals surface area (Å²) in [5.74, 6) is 0.227. The molecule has 0 bridgehead atoms. The van der Waals surface area contributed by atoms with Gasteiger partial charge < -0.3 is 9.42 Å². The molecule has 0 N–H and O–H groups in total. The van der Waals surface area contributed by atoms with E-state index < -0.39 is 10.0 Å². The molecule has 1 aliphatic rings. The van der Waals surface area contributed by atoms with Crippen LogP contribution in [0.1, 0.15) is 27.5 Å². The Morgan fingerprint density at radius 3 is 2.60 bits per heavy atom. The molecule has 1 saturated heterocycles. The summed E-state index contributed by atoms with van der Waals surface area (Å²) in [6.07, 6.45) is 0.584. The monoisotopic (exact) mass is 447 g/mol. The third kappa shape index (κ3) is 3.67. The Morgan fingerprint density at radius 1 is 1.24 bits per heavy atom. The van der Waals surface area contributed by atoms with E-state index in [9.17, 15) is 13.2 Å². The molecule has 0 atom stereocenters. The van der Waals surface area contributed by atoms with Gasteiger partial charge in [-0.15, -0.1) is 11.3 Å². The topological polar surface area (TPSA) is 83.7 Å². The van der Waals surface area contributed by atoms with E-state index in [1.54, 1.807) is 24.8 Å². The fourth-order valence-corrected chi connectivity index (χ4v) is 6.01. The van der Waals surface area contributed by atoms with E-state index in [1.807, 2.05) is 6.07 Å². The summed E-state index contributed by atoms with van der Waals surface area (Å²) in [6.45, 7) is 4.72. The number of hydrogen-bond acceptors (Lipinski definition) is 6. The molecular weight excluding hydrogens is 430 g/mol. The second-order valence-electron chi connectivity index (χ2n) is 5.81. The highest BCUT2D eigenvalue weighted by atomic mass is 79.9. The van der Waals surface area contributed by atoms with Gasteiger partial charge in [0.15, 0.2) is 5.76 Å². The maximum absolute atomic E-state index is 12.9. The first-order valence-corrected chi connectivity index (χ1v) is 10.8. The Balaban J connectivity index is 1.76. The number of amides is 1. The van der Waals surface area contributed by atoms with E-state index in [1.165, 1.54) is 15.6 Å². The van der Waals surface area contributed by atoms with Crippen molar-refractivity contribution >= 4 is 43.2 Å². The van der Waals surface area contributed by atoms with Crippen molar-refractivity contribution in [2.24, 2.45) is 0 Å². The van der Waals surface area contributed by atoms with Crippen molar-refractivity contribution in [1.29, 1.82) is 0 Å². The van der Waals surface area contributed by atoms with Crippen LogP contribution in [0, 0.1) is 13.8 Å². The highest BCUT2D eigenvalue weighted by Gasteiger charge is 2.33. The van der Waals surface area contributed by atoms with Gasteiger partial charge in [0.2, 0.25) is 10.0 Å². The van der Waals surface area contributed by atoms with Crippen LogP contribution in [0.2, 0.25) is 0 Å². The van der Waals surface area contributed by atoms with Crippen molar-refractivity contribution in [2.45, 2.75) is 25.2 Å². The molecule has 0 unspecified atom stereocenters. The lowest BCUT2D eigenvalue weighted by Crippen LogP contribution is -2.37. The number of sulfonamides is 1. The zero-order chi connectivity index (χ0) is 18.2. The number of thiophene rings is 1. The van der Waals surface area contributed by atoms with Crippen LogP contribution < -0.4 is 0 Å². The lowest BCUT2D eigenvalue weighted by molar-refractivity contribution is 0.0769. The fourth-order valence-electron chi connectivity index (χ4n) is 2.89. The van der Waals surface area contributed by atoms with Gasteiger partial charge in [-0.1, -0.05) is 5.16 Å². The SMILES string of the molecule is Cc1noc(C)c1S(=O)(=O)N1CCCN(C(=O)c2ccc(Br)s2)CC1. The second kappa shape index (κ2) is 7.18. The van der Waals surface area contributed by atoms with Gasteiger partial charge in [-0.25, -0.2) is 8.42 Å². The minimum absolute atomic E-state index is 0.0627. The first-order chi connectivity index (χ1) is 11.8. The molecule has 1 amide bonds. The van der Waals surface area contributed by atoms with Crippen molar-refractivity contribution in [3.05, 3.63) is 32.3 Å². The molecule has 25 heavy (non-hydrogen) atoms. The number of carbonyl (C=O) groups is 1. The first-order valence-electron chi connectivity index (χ1n) is 7.78. The summed E-state index contributed by atoms with van der Waals surface area (Å²) >= 11 is 4.73. The van der Waals surface area contributed by atoms with Crippen LogP contribution in [0.4, 0.5) is 0 Å². The lowest BCUT2D eigenvalue weighted by Gasteiger charge is -2.21. The number of halogens is 1. The number of rotatable bonds is 3. The van der Waals surface area contributed by atoms with Crippen LogP contribution in [-0.4, -0.2) is 54.9 Å². The molecule has 7 nitrogen and oxygen atoms in total. The summed E-state index contributed by atoms with van der Waals surface area (Å²) in [4.78, 5) is 15.1. The van der Waals surface area contributed by atoms with Crippen molar-refractivity contribution in [1.82, 2.24) is 14.4 Å². The summed E-state index contributed by atoms with van der Waals surface area (Å²) in [5.41, 5.74) is 0.359. The third-order valence-corrected chi connectivity index (χ3v) is 7.85. The molecule has 0 aliphatic carbocycles. The molecule has 0 aromatic carbocycles. The van der Waals surface area contributed by atoms with Gasteiger partial charge in [0.25, 0.3) is 5.91 Å². The average molecular weight is 448 g/mol. The van der Waals surface area contributed by atoms with E-state index in [2.05, 4.69) is 21.1 Å². The predicted molar refractivity (Wildman–Crippen MR) is 97.3 cm³/mol. The number of carbonyl (C=O) groups excluding carboxylic acids is 1. The summed E-state index contributed by atoms with van der Waals surface area (Å²) < 4.78 is 33.1. The van der Waals surface area contributed by atoms with Crippen LogP contribution in [0.25, 0.3) is 0 Å². The van der Waals surface area contributed by atoms with E-state index in [0.29, 0.717) is 36.6 Å². The van der Waals surface area contributed by atoms with Crippen LogP contribution in [0.3, 0.4) is 0 Å². The van der Waals surface area contributed by atoms with Crippen molar-refractivity contribution in [3.8, 4) is 0 Å². The molecule has 0 spiro atoms. The quantitative estimate of drug-likeness (QED) is 0.721. The minimum atomic E-state index is -3.68. The van der Waals surface area contributed by atoms with Crippen LogP contribution in [-0.2, 0) is 10.0 Å². The maximum Gasteiger partial charge on any atom is 0.264 e. The van der Waals surface area contributed by atoms with E-state index >= 15 is 0 Å². The Kier molecular flexibility index (Phi) is 5.33. The highest BCUT2D eigenvalue weighted by molar-refractivity contribution is 9.11. The molecule has 0 radical (unpaired) electrons. The number of aromatic nitrogens is 1. The zero-order valence-electron chi connectivity index (χ0n) is 13.9. The molecule has 3 rings (SSSR count). The van der Waals surface area contributed by atoms with Gasteiger partial charge in [-0.2, -0.15) is 4.31 Å². The van der Waals surface area contributed by atoms with E-state index in [-0.39, 0.29) is 23.1 Å². The minimum Gasteiger partial charge on any atom is -0.360 e. The summed E-state index contributed by atoms with van der Waals surface area (Å²) in [7, 11) is -3.68. The summed E-state index contributed by atoms with van der Waals surface area (Å²) in [5, 5.41) is 3.74. The molecule has 10 heteroatoms. The van der Waals surface area contributed by atoms with Gasteiger partial charge >= 0.3 is 0 Å². The maximum atomic E-state index is 12.9. The Bertz CT molecular complexity index is 871. The Morgan fingerprint density at radius 2 is 2.00 bits per heavy atom. The van der Waals surface area contributed by atoms with Crippen LogP contribution in [0.15, 0.2) is 25.3 Å². The van der Waals surface area contributed by atoms with Gasteiger partial charge in [0, 0.05) is 26.2 Å². The number of hydrogen-bond donors (Lipinski definition) is 0. The average Bonchev–Trinajstić information content (AvgIpc) is 3.03. The number of nitrogens with zero attached hydrogens (tertiary/aromatic N) is 3. The normalized spacial score (nSPS) is 16.8. The van der Waals surface area contributed by atoms with Gasteiger partial charge in [0.1, 0.15) is 10.6 Å². The summed E-state index contributed by atoms with van der Waals surface area (Å²) in [6, 6.07) is 3.62. The fraction of sp³-hybridized carbons (Fsp3) is 0.467. The Hall–Kier alpha value is -1.23. The van der Waals surface area contributed by atoms with E-state index in [4.69, 9.17) is 4.52 Å². The van der Waals surface area contributed by atoms with Gasteiger partial charge in [-0.05, 0) is 48.3 Å². The Labute approximate surface area is 158 Å². The van der Waals surface area contributed by atoms with Crippen LogP contribution >= 0.6 is 27.3 Å². The molecule has 2 aromatic rings. The molecule has 2 aromatic heterocycles. The lowest BCUT2D eigenvalue weighted by atomic mass is 10.3. The van der Waals surface area contributed by atoms with Crippen molar-refractivity contribution in [3.63, 3.8) is 0 Å².